The van der Waals surface area contributed by atoms with Crippen LogP contribution in [-0.4, -0.2) is 16.2 Å². The highest BCUT2D eigenvalue weighted by Crippen LogP contribution is 2.45. The van der Waals surface area contributed by atoms with Crippen LogP contribution in [0.15, 0.2) is 60.7 Å². The average molecular weight is 323 g/mol. The van der Waals surface area contributed by atoms with E-state index in [9.17, 15) is 14.9 Å². The molecule has 0 bridgehead atoms. The molecule has 24 heavy (non-hydrogen) atoms. The zero-order valence-electron chi connectivity index (χ0n) is 13.6. The Kier molecular flexibility index (Phi) is 4.74. The van der Waals surface area contributed by atoms with Gasteiger partial charge >= 0.3 is 0 Å². The van der Waals surface area contributed by atoms with E-state index in [2.05, 4.69) is 0 Å². The van der Waals surface area contributed by atoms with Gasteiger partial charge in [0.1, 0.15) is 0 Å². The van der Waals surface area contributed by atoms with Crippen molar-refractivity contribution in [1.29, 1.82) is 0 Å². The van der Waals surface area contributed by atoms with Gasteiger partial charge in [-0.15, -0.1) is 0 Å². The monoisotopic (exact) mass is 323 g/mol. The molecule has 3 rings (SSSR count). The van der Waals surface area contributed by atoms with E-state index in [4.69, 9.17) is 0 Å². The Bertz CT molecular complexity index is 706. The van der Waals surface area contributed by atoms with E-state index >= 15 is 0 Å². The Hall–Kier alpha value is -2.49. The molecule has 0 unspecified atom stereocenters. The van der Waals surface area contributed by atoms with Gasteiger partial charge in [0, 0.05) is 29.7 Å². The summed E-state index contributed by atoms with van der Waals surface area (Å²) in [5.74, 6) is -0.415. The molecule has 4 nitrogen and oxygen atoms in total. The Morgan fingerprint density at radius 2 is 1.54 bits per heavy atom. The van der Waals surface area contributed by atoms with Crippen LogP contribution in [0.5, 0.6) is 0 Å². The molecule has 0 aliphatic heterocycles. The summed E-state index contributed by atoms with van der Waals surface area (Å²) in [4.78, 5) is 24.5. The molecule has 0 radical (unpaired) electrons. The van der Waals surface area contributed by atoms with Crippen LogP contribution in [-0.2, 0) is 0 Å². The fourth-order valence-electron chi connectivity index (χ4n) is 3.88. The van der Waals surface area contributed by atoms with Crippen LogP contribution in [0, 0.1) is 10.1 Å². The lowest BCUT2D eigenvalue weighted by Gasteiger charge is -2.30. The second-order valence-corrected chi connectivity index (χ2v) is 6.52. The van der Waals surface area contributed by atoms with Gasteiger partial charge in [-0.1, -0.05) is 60.7 Å². The number of rotatable bonds is 6. The first kappa shape index (κ1) is 16.4. The number of nitrogens with zero attached hydrogens (tertiary/aromatic N) is 1. The number of hydrogen-bond donors (Lipinski definition) is 0. The molecule has 2 aromatic carbocycles. The van der Waals surface area contributed by atoms with Gasteiger partial charge in [0.15, 0.2) is 5.78 Å². The van der Waals surface area contributed by atoms with Crippen molar-refractivity contribution in [2.45, 2.75) is 43.6 Å². The second-order valence-electron chi connectivity index (χ2n) is 6.52. The Labute approximate surface area is 141 Å². The summed E-state index contributed by atoms with van der Waals surface area (Å²) in [6, 6.07) is 18.5. The molecule has 0 aromatic heterocycles. The quantitative estimate of drug-likeness (QED) is 0.442. The maximum Gasteiger partial charge on any atom is 0.229 e. The fourth-order valence-corrected chi connectivity index (χ4v) is 3.88. The number of carbonyl (C=O) groups is 1. The highest BCUT2D eigenvalue weighted by atomic mass is 16.6. The van der Waals surface area contributed by atoms with Crippen molar-refractivity contribution in [3.05, 3.63) is 81.9 Å². The van der Waals surface area contributed by atoms with Gasteiger partial charge in [-0.25, -0.2) is 0 Å². The SMILES string of the molecule is O=C(C[C@@H](c1ccccc1)C1([N+](=O)[O-])CCCC1)c1ccccc1. The number of hydrogen-bond acceptors (Lipinski definition) is 3. The first-order chi connectivity index (χ1) is 11.6. The summed E-state index contributed by atoms with van der Waals surface area (Å²) in [5, 5.41) is 12.0. The number of nitro groups is 1. The molecule has 0 N–H and O–H groups in total. The molecular weight excluding hydrogens is 302 g/mol. The third-order valence-electron chi connectivity index (χ3n) is 5.17. The second kappa shape index (κ2) is 6.95. The van der Waals surface area contributed by atoms with E-state index in [1.165, 1.54) is 0 Å². The van der Waals surface area contributed by atoms with Crippen LogP contribution in [0.4, 0.5) is 0 Å². The first-order valence-corrected chi connectivity index (χ1v) is 8.41. The van der Waals surface area contributed by atoms with E-state index in [-0.39, 0.29) is 23.0 Å². The minimum atomic E-state index is -1.02. The van der Waals surface area contributed by atoms with E-state index < -0.39 is 5.54 Å². The zero-order valence-corrected chi connectivity index (χ0v) is 13.6. The molecule has 2 aromatic rings. The van der Waals surface area contributed by atoms with Crippen molar-refractivity contribution in [3.8, 4) is 0 Å². The lowest BCUT2D eigenvalue weighted by Crippen LogP contribution is -2.42. The largest absolute Gasteiger partial charge is 0.294 e. The van der Waals surface area contributed by atoms with Gasteiger partial charge in [-0.3, -0.25) is 14.9 Å². The van der Waals surface area contributed by atoms with Gasteiger partial charge in [-0.2, -0.15) is 0 Å². The van der Waals surface area contributed by atoms with Crippen molar-refractivity contribution >= 4 is 5.78 Å². The van der Waals surface area contributed by atoms with E-state index in [0.29, 0.717) is 18.4 Å². The van der Waals surface area contributed by atoms with E-state index in [1.807, 2.05) is 48.5 Å². The highest BCUT2D eigenvalue weighted by Gasteiger charge is 2.53. The van der Waals surface area contributed by atoms with Gasteiger partial charge in [0.25, 0.3) is 0 Å². The number of carbonyl (C=O) groups excluding carboxylic acids is 1. The standard InChI is InChI=1S/C20H21NO3/c22-19(17-11-5-2-6-12-17)15-18(16-9-3-1-4-10-16)20(21(23)24)13-7-8-14-20/h1-6,9-12,18H,7-8,13-15H2/t18-/m0/s1. The first-order valence-electron chi connectivity index (χ1n) is 8.41. The summed E-state index contributed by atoms with van der Waals surface area (Å²) >= 11 is 0. The van der Waals surface area contributed by atoms with Gasteiger partial charge in [-0.05, 0) is 18.4 Å². The molecule has 124 valence electrons. The van der Waals surface area contributed by atoms with Crippen molar-refractivity contribution in [2.24, 2.45) is 0 Å². The Morgan fingerprint density at radius 3 is 2.08 bits per heavy atom. The van der Waals surface area contributed by atoms with Crippen LogP contribution in [0.2, 0.25) is 0 Å². The molecule has 0 heterocycles. The number of Topliss-reactive ketones (excluding diaryl/α,β-unsaturated/α-hetero) is 1. The maximum atomic E-state index is 12.7. The van der Waals surface area contributed by atoms with Crippen molar-refractivity contribution in [2.75, 3.05) is 0 Å². The smallest absolute Gasteiger partial charge is 0.229 e. The molecule has 1 aliphatic rings. The van der Waals surface area contributed by atoms with Gasteiger partial charge < -0.3 is 0 Å². The third-order valence-corrected chi connectivity index (χ3v) is 5.17. The summed E-state index contributed by atoms with van der Waals surface area (Å²) in [5.41, 5.74) is 0.488. The normalized spacial score (nSPS) is 17.3. The van der Waals surface area contributed by atoms with E-state index in [1.54, 1.807) is 12.1 Å². The summed E-state index contributed by atoms with van der Waals surface area (Å²) in [6.07, 6.45) is 2.96. The highest BCUT2D eigenvalue weighted by molar-refractivity contribution is 5.96. The predicted molar refractivity (Wildman–Crippen MR) is 92.8 cm³/mol. The minimum absolute atomic E-state index is 0.0300. The Balaban J connectivity index is 1.97. The molecule has 1 atom stereocenters. The number of ketones is 1. The Morgan fingerprint density at radius 1 is 1.00 bits per heavy atom. The van der Waals surface area contributed by atoms with Crippen molar-refractivity contribution in [1.82, 2.24) is 0 Å². The molecule has 0 amide bonds. The maximum absolute atomic E-state index is 12.7. The zero-order chi connectivity index (χ0) is 17.0. The molecular formula is C20H21NO3. The predicted octanol–water partition coefficient (Wildman–Crippen LogP) is 4.63. The molecule has 0 saturated heterocycles. The van der Waals surface area contributed by atoms with Crippen LogP contribution in [0.1, 0.15) is 53.9 Å². The van der Waals surface area contributed by atoms with Crippen LogP contribution in [0.3, 0.4) is 0 Å². The summed E-state index contributed by atoms with van der Waals surface area (Å²) < 4.78 is 0. The number of benzene rings is 2. The lowest BCUT2D eigenvalue weighted by atomic mass is 9.75. The summed E-state index contributed by atoms with van der Waals surface area (Å²) in [7, 11) is 0. The van der Waals surface area contributed by atoms with E-state index in [0.717, 1.165) is 18.4 Å². The lowest BCUT2D eigenvalue weighted by molar-refractivity contribution is -0.573. The fraction of sp³-hybridized carbons (Fsp3) is 0.350. The van der Waals surface area contributed by atoms with Crippen molar-refractivity contribution in [3.63, 3.8) is 0 Å². The van der Waals surface area contributed by atoms with Gasteiger partial charge in [0.2, 0.25) is 5.54 Å². The van der Waals surface area contributed by atoms with Crippen LogP contribution in [0.25, 0.3) is 0 Å². The van der Waals surface area contributed by atoms with Gasteiger partial charge in [0.05, 0.1) is 5.92 Å². The average Bonchev–Trinajstić information content (AvgIpc) is 3.12. The third kappa shape index (κ3) is 3.09. The summed E-state index contributed by atoms with van der Waals surface area (Å²) in [6.45, 7) is 0. The van der Waals surface area contributed by atoms with Crippen molar-refractivity contribution < 1.29 is 9.72 Å². The van der Waals surface area contributed by atoms with Crippen LogP contribution >= 0.6 is 0 Å². The molecule has 1 aliphatic carbocycles. The molecule has 4 heteroatoms. The topological polar surface area (TPSA) is 60.2 Å². The molecule has 1 fully saturated rings. The minimum Gasteiger partial charge on any atom is -0.294 e. The molecule has 0 spiro atoms. The molecule has 1 saturated carbocycles. The van der Waals surface area contributed by atoms with Crippen LogP contribution < -0.4 is 0 Å².